The molecule has 3 rings (SSSR count). The second-order valence-electron chi connectivity index (χ2n) is 5.42. The number of benzene rings is 1. The zero-order chi connectivity index (χ0) is 15.5. The van der Waals surface area contributed by atoms with Crippen LogP contribution in [0.1, 0.15) is 24.9 Å². The summed E-state index contributed by atoms with van der Waals surface area (Å²) in [5.74, 6) is 0.871. The van der Waals surface area contributed by atoms with Crippen LogP contribution in [0.5, 0.6) is 0 Å². The summed E-state index contributed by atoms with van der Waals surface area (Å²) in [6.07, 6.45) is 3.01. The van der Waals surface area contributed by atoms with E-state index in [1.807, 2.05) is 20.3 Å². The molecule has 0 aliphatic rings. The summed E-state index contributed by atoms with van der Waals surface area (Å²) in [7, 11) is 3.90. The fourth-order valence-electron chi connectivity index (χ4n) is 2.91. The highest BCUT2D eigenvalue weighted by Gasteiger charge is 2.10. The van der Waals surface area contributed by atoms with E-state index >= 15 is 0 Å². The van der Waals surface area contributed by atoms with E-state index < -0.39 is 0 Å². The molecule has 4 nitrogen and oxygen atoms in total. The molecule has 0 aliphatic carbocycles. The first kappa shape index (κ1) is 14.6. The molecule has 22 heavy (non-hydrogen) atoms. The van der Waals surface area contributed by atoms with Gasteiger partial charge in [-0.3, -0.25) is 0 Å². The van der Waals surface area contributed by atoms with Crippen molar-refractivity contribution in [3.63, 3.8) is 0 Å². The summed E-state index contributed by atoms with van der Waals surface area (Å²) in [4.78, 5) is 7.73. The van der Waals surface area contributed by atoms with E-state index in [0.29, 0.717) is 6.04 Å². The number of hydrogen-bond acceptors (Lipinski definition) is 3. The lowest BCUT2D eigenvalue weighted by molar-refractivity contribution is 0.577. The minimum Gasteiger partial charge on any atom is -0.373 e. The third kappa shape index (κ3) is 2.57. The Bertz CT molecular complexity index is 754. The van der Waals surface area contributed by atoms with Gasteiger partial charge >= 0.3 is 0 Å². The smallest absolute Gasteiger partial charge is 0.140 e. The van der Waals surface area contributed by atoms with Gasteiger partial charge in [-0.25, -0.2) is 4.98 Å². The van der Waals surface area contributed by atoms with Gasteiger partial charge in [0.15, 0.2) is 0 Å². The molecule has 114 valence electrons. The van der Waals surface area contributed by atoms with E-state index in [-0.39, 0.29) is 0 Å². The Morgan fingerprint density at radius 3 is 2.55 bits per heavy atom. The Labute approximate surface area is 131 Å². The monoisotopic (exact) mass is 294 g/mol. The fraction of sp³-hybridized carbons (Fsp3) is 0.278. The van der Waals surface area contributed by atoms with Crippen LogP contribution in [-0.4, -0.2) is 24.1 Å². The van der Waals surface area contributed by atoms with Crippen molar-refractivity contribution in [1.82, 2.24) is 15.3 Å². The minimum absolute atomic E-state index is 0.409. The zero-order valence-corrected chi connectivity index (χ0v) is 13.3. The summed E-state index contributed by atoms with van der Waals surface area (Å²) in [6.45, 7) is 2.19. The van der Waals surface area contributed by atoms with Crippen LogP contribution < -0.4 is 10.6 Å². The maximum absolute atomic E-state index is 4.54. The Kier molecular flexibility index (Phi) is 4.11. The zero-order valence-electron chi connectivity index (χ0n) is 13.3. The first-order valence-electron chi connectivity index (χ1n) is 7.70. The van der Waals surface area contributed by atoms with Gasteiger partial charge in [0.1, 0.15) is 11.5 Å². The number of anilines is 1. The SMILES string of the molecule is CC[C@H](NC)c1ccc(-c2cc(NC)nc3[nH]ccc23)cc1. The largest absolute Gasteiger partial charge is 0.373 e. The molecule has 0 saturated carbocycles. The minimum atomic E-state index is 0.409. The van der Waals surface area contributed by atoms with Crippen LogP contribution in [0.4, 0.5) is 5.82 Å². The van der Waals surface area contributed by atoms with Gasteiger partial charge in [0.25, 0.3) is 0 Å². The van der Waals surface area contributed by atoms with Crippen LogP contribution in [0.15, 0.2) is 42.6 Å². The molecule has 0 bridgehead atoms. The average Bonchev–Trinajstić information content (AvgIpc) is 3.04. The summed E-state index contributed by atoms with van der Waals surface area (Å²) in [5.41, 5.74) is 4.63. The summed E-state index contributed by atoms with van der Waals surface area (Å²) in [5, 5.41) is 7.62. The molecule has 4 heteroatoms. The number of fused-ring (bicyclic) bond motifs is 1. The van der Waals surface area contributed by atoms with Gasteiger partial charge in [-0.2, -0.15) is 0 Å². The third-order valence-electron chi connectivity index (χ3n) is 4.17. The van der Waals surface area contributed by atoms with Crippen molar-refractivity contribution in [2.45, 2.75) is 19.4 Å². The summed E-state index contributed by atoms with van der Waals surface area (Å²) in [6, 6.07) is 13.4. The average molecular weight is 294 g/mol. The molecule has 2 aromatic heterocycles. The van der Waals surface area contributed by atoms with Crippen molar-refractivity contribution in [2.75, 3.05) is 19.4 Å². The molecule has 0 spiro atoms. The van der Waals surface area contributed by atoms with Gasteiger partial charge < -0.3 is 15.6 Å². The van der Waals surface area contributed by atoms with Crippen LogP contribution in [-0.2, 0) is 0 Å². The topological polar surface area (TPSA) is 52.7 Å². The van der Waals surface area contributed by atoms with Crippen LogP contribution in [0.2, 0.25) is 0 Å². The van der Waals surface area contributed by atoms with Gasteiger partial charge in [0.05, 0.1) is 0 Å². The molecular weight excluding hydrogens is 272 g/mol. The normalized spacial score (nSPS) is 12.5. The van der Waals surface area contributed by atoms with Crippen molar-refractivity contribution in [1.29, 1.82) is 0 Å². The first-order valence-corrected chi connectivity index (χ1v) is 7.70. The van der Waals surface area contributed by atoms with Crippen molar-refractivity contribution in [2.24, 2.45) is 0 Å². The number of pyridine rings is 1. The Morgan fingerprint density at radius 2 is 1.91 bits per heavy atom. The predicted molar refractivity (Wildman–Crippen MR) is 93.2 cm³/mol. The number of aromatic nitrogens is 2. The fourth-order valence-corrected chi connectivity index (χ4v) is 2.91. The highest BCUT2D eigenvalue weighted by Crippen LogP contribution is 2.30. The number of nitrogens with zero attached hydrogens (tertiary/aromatic N) is 1. The van der Waals surface area contributed by atoms with E-state index in [0.717, 1.165) is 23.3 Å². The van der Waals surface area contributed by atoms with Gasteiger partial charge in [-0.1, -0.05) is 31.2 Å². The predicted octanol–water partition coefficient (Wildman–Crippen LogP) is 3.94. The quantitative estimate of drug-likeness (QED) is 0.668. The second-order valence-corrected chi connectivity index (χ2v) is 5.42. The summed E-state index contributed by atoms with van der Waals surface area (Å²) >= 11 is 0. The van der Waals surface area contributed by atoms with E-state index in [4.69, 9.17) is 0 Å². The lowest BCUT2D eigenvalue weighted by atomic mass is 9.98. The van der Waals surface area contributed by atoms with Gasteiger partial charge in [0, 0.05) is 24.7 Å². The van der Waals surface area contributed by atoms with E-state index in [2.05, 4.69) is 63.9 Å². The van der Waals surface area contributed by atoms with Crippen molar-refractivity contribution < 1.29 is 0 Å². The van der Waals surface area contributed by atoms with Crippen LogP contribution in [0.25, 0.3) is 22.2 Å². The maximum atomic E-state index is 4.54. The third-order valence-corrected chi connectivity index (χ3v) is 4.17. The number of nitrogens with one attached hydrogen (secondary N) is 3. The van der Waals surface area contributed by atoms with Gasteiger partial charge in [-0.05, 0) is 42.3 Å². The van der Waals surface area contributed by atoms with Crippen LogP contribution in [0, 0.1) is 0 Å². The Hall–Kier alpha value is -2.33. The molecule has 2 heterocycles. The molecule has 3 N–H and O–H groups in total. The maximum Gasteiger partial charge on any atom is 0.140 e. The number of H-pyrrole nitrogens is 1. The van der Waals surface area contributed by atoms with E-state index in [1.54, 1.807) is 0 Å². The van der Waals surface area contributed by atoms with Gasteiger partial charge in [0.2, 0.25) is 0 Å². The lowest BCUT2D eigenvalue weighted by Gasteiger charge is -2.15. The van der Waals surface area contributed by atoms with Gasteiger partial charge in [-0.15, -0.1) is 0 Å². The van der Waals surface area contributed by atoms with Crippen LogP contribution >= 0.6 is 0 Å². The first-order chi connectivity index (χ1) is 10.8. The number of aromatic amines is 1. The molecule has 0 unspecified atom stereocenters. The molecule has 3 aromatic rings. The molecule has 0 aliphatic heterocycles. The van der Waals surface area contributed by atoms with Crippen LogP contribution in [0.3, 0.4) is 0 Å². The standard InChI is InChI=1S/C18H22N4/c1-4-16(19-2)13-7-5-12(6-8-13)15-11-17(20-3)22-18-14(15)9-10-21-18/h5-11,16,19H,4H2,1-3H3,(H2,20,21,22)/t16-/m0/s1. The van der Waals surface area contributed by atoms with E-state index in [9.17, 15) is 0 Å². The van der Waals surface area contributed by atoms with E-state index in [1.165, 1.54) is 16.7 Å². The Balaban J connectivity index is 2.05. The van der Waals surface area contributed by atoms with Crippen molar-refractivity contribution in [3.05, 3.63) is 48.2 Å². The molecule has 0 amide bonds. The molecular formula is C18H22N4. The lowest BCUT2D eigenvalue weighted by Crippen LogP contribution is -2.14. The highest BCUT2D eigenvalue weighted by atomic mass is 15.0. The Morgan fingerprint density at radius 1 is 1.14 bits per heavy atom. The molecule has 0 radical (unpaired) electrons. The molecule has 1 aromatic carbocycles. The molecule has 1 atom stereocenters. The molecule has 0 saturated heterocycles. The second kappa shape index (κ2) is 6.20. The number of hydrogen-bond donors (Lipinski definition) is 3. The highest BCUT2D eigenvalue weighted by molar-refractivity contribution is 5.94. The van der Waals surface area contributed by atoms with Crippen molar-refractivity contribution >= 4 is 16.9 Å². The molecule has 0 fully saturated rings. The summed E-state index contributed by atoms with van der Waals surface area (Å²) < 4.78 is 0. The van der Waals surface area contributed by atoms with Crippen molar-refractivity contribution in [3.8, 4) is 11.1 Å². The number of rotatable bonds is 5.